The number of anilines is 1. The number of pyridine rings is 1. The number of carbonyl (C=O) groups is 1. The number of carbonyl (C=O) groups excluding carboxylic acids is 1. The Morgan fingerprint density at radius 2 is 1.75 bits per heavy atom. The van der Waals surface area contributed by atoms with Crippen LogP contribution in [0.15, 0.2) is 79.0 Å². The summed E-state index contributed by atoms with van der Waals surface area (Å²) in [5, 5.41) is 3.22. The molecule has 0 atom stereocenters. The van der Waals surface area contributed by atoms with Crippen molar-refractivity contribution in [2.75, 3.05) is 11.0 Å². The summed E-state index contributed by atoms with van der Waals surface area (Å²) in [5.41, 5.74) is 3.19. The van der Waals surface area contributed by atoms with Crippen LogP contribution < -0.4 is 14.4 Å². The number of hydrogen-bond acceptors (Lipinski definition) is 3. The zero-order chi connectivity index (χ0) is 22.3. The summed E-state index contributed by atoms with van der Waals surface area (Å²) >= 11 is 0. The topological polar surface area (TPSA) is 95.2 Å². The lowest BCUT2D eigenvalue weighted by molar-refractivity contribution is -0.498. The van der Waals surface area contributed by atoms with E-state index >= 15 is 0 Å². The molecule has 2 heterocycles. The Morgan fingerprint density at radius 3 is 2.47 bits per heavy atom. The summed E-state index contributed by atoms with van der Waals surface area (Å²) in [6, 6.07) is 22.7. The molecule has 0 unspecified atom stereocenters. The predicted octanol–water partition coefficient (Wildman–Crippen LogP) is 3.21. The first-order valence-corrected chi connectivity index (χ1v) is 12.2. The van der Waals surface area contributed by atoms with E-state index in [1.807, 2.05) is 65.2 Å². The monoisotopic (exact) mass is 447 g/mol. The van der Waals surface area contributed by atoms with Crippen molar-refractivity contribution in [3.8, 4) is 11.4 Å². The Hall–Kier alpha value is -3.65. The molecule has 2 aromatic carbocycles. The lowest BCUT2D eigenvalue weighted by Gasteiger charge is -2.16. The molecule has 0 radical (unpaired) electrons. The number of sulfonamides is 1. The van der Waals surface area contributed by atoms with Gasteiger partial charge in [0.25, 0.3) is 11.7 Å². The zero-order valence-electron chi connectivity index (χ0n) is 17.5. The molecule has 3 N–H and O–H groups in total. The number of nitrogens with zero attached hydrogens (tertiary/aromatic N) is 1. The Balaban J connectivity index is 1.53. The molecule has 7 nitrogen and oxygen atoms in total. The quantitative estimate of drug-likeness (QED) is 0.396. The number of nitrogens with one attached hydrogen (secondary N) is 3. The minimum absolute atomic E-state index is 0.174. The molecule has 5 rings (SSSR count). The van der Waals surface area contributed by atoms with E-state index in [4.69, 9.17) is 0 Å². The van der Waals surface area contributed by atoms with Crippen molar-refractivity contribution in [3.05, 3.63) is 90.3 Å². The van der Waals surface area contributed by atoms with Crippen molar-refractivity contribution in [3.63, 3.8) is 0 Å². The van der Waals surface area contributed by atoms with Gasteiger partial charge in [-0.15, -0.1) is 0 Å². The highest BCUT2D eigenvalue weighted by Crippen LogP contribution is 2.45. The van der Waals surface area contributed by atoms with Crippen molar-refractivity contribution < 1.29 is 17.6 Å². The number of aromatic amines is 1. The maximum Gasteiger partial charge on any atom is 0.296 e. The van der Waals surface area contributed by atoms with Crippen molar-refractivity contribution in [1.82, 2.24) is 10.3 Å². The molecular weight excluding hydrogens is 424 g/mol. The summed E-state index contributed by atoms with van der Waals surface area (Å²) in [7, 11) is -3.40. The number of imidazole rings is 1. The second kappa shape index (κ2) is 7.49. The van der Waals surface area contributed by atoms with E-state index < -0.39 is 10.0 Å². The van der Waals surface area contributed by atoms with Crippen molar-refractivity contribution in [2.24, 2.45) is 0 Å². The minimum atomic E-state index is -3.40. The second-order valence-corrected chi connectivity index (χ2v) is 9.91. The molecule has 8 heteroatoms. The van der Waals surface area contributed by atoms with Gasteiger partial charge in [0.15, 0.2) is 5.52 Å². The summed E-state index contributed by atoms with van der Waals surface area (Å²) in [6.45, 7) is 0. The van der Waals surface area contributed by atoms with Gasteiger partial charge in [0.2, 0.25) is 15.7 Å². The number of hydrogen-bond donors (Lipinski definition) is 3. The molecule has 162 valence electrons. The molecule has 1 aliphatic rings. The lowest BCUT2D eigenvalue weighted by Crippen LogP contribution is -2.35. The van der Waals surface area contributed by atoms with E-state index in [0.717, 1.165) is 35.7 Å². The van der Waals surface area contributed by atoms with Crippen LogP contribution >= 0.6 is 0 Å². The molecule has 1 fully saturated rings. The van der Waals surface area contributed by atoms with Crippen LogP contribution in [0.4, 0.5) is 5.69 Å². The number of fused-ring (bicyclic) bond motifs is 1. The first-order valence-electron chi connectivity index (χ1n) is 10.3. The van der Waals surface area contributed by atoms with Gasteiger partial charge in [0, 0.05) is 5.69 Å². The number of aromatic nitrogens is 2. The SMILES string of the molecule is CS(=O)(=O)Nc1cccc(-c2[nH]c(C(=O)NC3(c4ccccc4)CC3)c3cccc[n+]23)c1. The van der Waals surface area contributed by atoms with Gasteiger partial charge in [-0.1, -0.05) is 42.5 Å². The molecule has 2 aromatic heterocycles. The Kier molecular flexibility index (Phi) is 4.74. The van der Waals surface area contributed by atoms with Gasteiger partial charge in [0.05, 0.1) is 23.6 Å². The first kappa shape index (κ1) is 20.3. The molecular formula is C24H23N4O3S+. The highest BCUT2D eigenvalue weighted by atomic mass is 32.2. The van der Waals surface area contributed by atoms with E-state index in [-0.39, 0.29) is 11.4 Å². The van der Waals surface area contributed by atoms with Crippen LogP contribution in [0, 0.1) is 0 Å². The highest BCUT2D eigenvalue weighted by Gasteiger charge is 2.46. The van der Waals surface area contributed by atoms with E-state index in [1.54, 1.807) is 18.2 Å². The lowest BCUT2D eigenvalue weighted by atomic mass is 10.0. The summed E-state index contributed by atoms with van der Waals surface area (Å²) in [6.07, 6.45) is 4.79. The van der Waals surface area contributed by atoms with Crippen LogP contribution in [0.2, 0.25) is 0 Å². The Bertz CT molecular complexity index is 1420. The molecule has 1 saturated carbocycles. The predicted molar refractivity (Wildman–Crippen MR) is 123 cm³/mol. The van der Waals surface area contributed by atoms with Gasteiger partial charge in [-0.25, -0.2) is 13.4 Å². The normalized spacial score (nSPS) is 14.8. The molecule has 1 amide bonds. The second-order valence-electron chi connectivity index (χ2n) is 8.16. The van der Waals surface area contributed by atoms with E-state index in [0.29, 0.717) is 17.2 Å². The Labute approximate surface area is 186 Å². The maximum atomic E-state index is 13.3. The largest absolute Gasteiger partial charge is 0.339 e. The number of benzene rings is 2. The van der Waals surface area contributed by atoms with E-state index in [1.165, 1.54) is 0 Å². The van der Waals surface area contributed by atoms with Gasteiger partial charge in [-0.2, -0.15) is 4.40 Å². The smallest absolute Gasteiger partial charge is 0.296 e. The first-order chi connectivity index (χ1) is 15.3. The summed E-state index contributed by atoms with van der Waals surface area (Å²) < 4.78 is 27.7. The molecule has 0 bridgehead atoms. The van der Waals surface area contributed by atoms with Crippen molar-refractivity contribution in [2.45, 2.75) is 18.4 Å². The standard InChI is InChI=1S/C24H22N4O3S/c1-32(30,31)27-19-11-7-8-17(16-19)22-25-21(20-12-5-6-15-28(20)22)23(29)26-24(13-14-24)18-9-3-2-4-10-18/h2-12,15-16,27H,13-14H2,1H3,(H,26,29)/p+1. The third-order valence-corrected chi connectivity index (χ3v) is 6.30. The highest BCUT2D eigenvalue weighted by molar-refractivity contribution is 7.92. The average Bonchev–Trinajstić information content (AvgIpc) is 3.44. The fourth-order valence-corrected chi connectivity index (χ4v) is 4.62. The molecule has 0 spiro atoms. The van der Waals surface area contributed by atoms with Crippen LogP contribution in [0.3, 0.4) is 0 Å². The van der Waals surface area contributed by atoms with Crippen LogP contribution in [0.25, 0.3) is 16.9 Å². The van der Waals surface area contributed by atoms with Gasteiger partial charge >= 0.3 is 0 Å². The minimum Gasteiger partial charge on any atom is -0.339 e. The summed E-state index contributed by atoms with van der Waals surface area (Å²) in [5.74, 6) is 0.513. The van der Waals surface area contributed by atoms with E-state index in [2.05, 4.69) is 15.0 Å². The van der Waals surface area contributed by atoms with E-state index in [9.17, 15) is 13.2 Å². The third-order valence-electron chi connectivity index (χ3n) is 5.70. The maximum absolute atomic E-state index is 13.3. The number of H-pyrrole nitrogens is 1. The van der Waals surface area contributed by atoms with Crippen LogP contribution in [0.5, 0.6) is 0 Å². The number of amides is 1. The van der Waals surface area contributed by atoms with Crippen LogP contribution in [-0.4, -0.2) is 25.6 Å². The number of rotatable bonds is 6. The fraction of sp³-hybridized carbons (Fsp3) is 0.167. The van der Waals surface area contributed by atoms with Crippen LogP contribution in [-0.2, 0) is 15.6 Å². The molecule has 0 saturated heterocycles. The molecule has 1 aliphatic carbocycles. The van der Waals surface area contributed by atoms with Gasteiger partial charge in [0.1, 0.15) is 0 Å². The van der Waals surface area contributed by atoms with Crippen LogP contribution in [0.1, 0.15) is 28.9 Å². The molecule has 0 aliphatic heterocycles. The molecule has 32 heavy (non-hydrogen) atoms. The Morgan fingerprint density at radius 1 is 1.00 bits per heavy atom. The summed E-state index contributed by atoms with van der Waals surface area (Å²) in [4.78, 5) is 16.6. The third kappa shape index (κ3) is 3.85. The van der Waals surface area contributed by atoms with Crippen molar-refractivity contribution >= 4 is 27.1 Å². The molecule has 4 aromatic rings. The van der Waals surface area contributed by atoms with Gasteiger partial charge < -0.3 is 5.32 Å². The average molecular weight is 448 g/mol. The van der Waals surface area contributed by atoms with Gasteiger partial charge in [-0.3, -0.25) is 9.52 Å². The van der Waals surface area contributed by atoms with Gasteiger partial charge in [-0.05, 0) is 48.7 Å². The van der Waals surface area contributed by atoms with Crippen molar-refractivity contribution in [1.29, 1.82) is 0 Å². The zero-order valence-corrected chi connectivity index (χ0v) is 18.3. The fourth-order valence-electron chi connectivity index (χ4n) is 4.06.